The Morgan fingerprint density at radius 1 is 1.21 bits per heavy atom. The van der Waals surface area contributed by atoms with Crippen molar-refractivity contribution < 1.29 is 13.2 Å². The first-order valence-electron chi connectivity index (χ1n) is 11.0. The van der Waals surface area contributed by atoms with Crippen molar-refractivity contribution in [1.82, 2.24) is 18.7 Å². The number of hydrogen-bond acceptors (Lipinski definition) is 7. The Bertz CT molecular complexity index is 1210. The molecular weight excluding hydrogens is 470 g/mol. The molecule has 0 saturated carbocycles. The van der Waals surface area contributed by atoms with E-state index < -0.39 is 10.0 Å². The second-order valence-electron chi connectivity index (χ2n) is 8.54. The van der Waals surface area contributed by atoms with Gasteiger partial charge in [0.15, 0.2) is 0 Å². The van der Waals surface area contributed by atoms with Gasteiger partial charge in [0.25, 0.3) is 5.56 Å². The van der Waals surface area contributed by atoms with E-state index in [2.05, 4.69) is 10.4 Å². The molecule has 12 heteroatoms. The highest BCUT2D eigenvalue weighted by molar-refractivity contribution is 7.89. The highest BCUT2D eigenvalue weighted by Crippen LogP contribution is 2.27. The predicted molar refractivity (Wildman–Crippen MR) is 124 cm³/mol. The minimum Gasteiger partial charge on any atom is -0.382 e. The quantitative estimate of drug-likeness (QED) is 0.642. The van der Waals surface area contributed by atoms with Crippen LogP contribution in [0.5, 0.6) is 0 Å². The third-order valence-electron chi connectivity index (χ3n) is 6.25. The summed E-state index contributed by atoms with van der Waals surface area (Å²) in [6, 6.07) is 2.31. The summed E-state index contributed by atoms with van der Waals surface area (Å²) in [6.45, 7) is 2.62. The molecule has 2 saturated heterocycles. The lowest BCUT2D eigenvalue weighted by molar-refractivity contribution is 0.0595. The van der Waals surface area contributed by atoms with Gasteiger partial charge in [-0.05, 0) is 37.7 Å². The van der Waals surface area contributed by atoms with E-state index in [4.69, 9.17) is 16.3 Å². The first kappa shape index (κ1) is 23.9. The third-order valence-corrected chi connectivity index (χ3v) is 8.49. The number of nitrogens with one attached hydrogen (secondary N) is 1. The Labute approximate surface area is 197 Å². The van der Waals surface area contributed by atoms with Crippen LogP contribution in [0.25, 0.3) is 0 Å². The minimum absolute atomic E-state index is 0.0696. The zero-order chi connectivity index (χ0) is 23.6. The fraction of sp³-hybridized carbons (Fsp3) is 0.571. The molecule has 4 rings (SSSR count). The van der Waals surface area contributed by atoms with Crippen molar-refractivity contribution in [2.45, 2.75) is 36.6 Å². The fourth-order valence-corrected chi connectivity index (χ4v) is 5.97. The monoisotopic (exact) mass is 497 g/mol. The normalized spacial score (nSPS) is 20.6. The molecule has 2 aromatic rings. The molecule has 0 radical (unpaired) electrons. The van der Waals surface area contributed by atoms with Gasteiger partial charge in [0.05, 0.1) is 29.4 Å². The number of nitrogens with zero attached hydrogens (tertiary/aromatic N) is 4. The molecule has 0 spiro atoms. The molecule has 0 bridgehead atoms. The first-order valence-corrected chi connectivity index (χ1v) is 12.8. The molecule has 2 aliphatic heterocycles. The summed E-state index contributed by atoms with van der Waals surface area (Å²) in [7, 11) is -2.22. The van der Waals surface area contributed by atoms with E-state index in [9.17, 15) is 18.0 Å². The number of aryl methyl sites for hydroxylation is 1. The van der Waals surface area contributed by atoms with Crippen molar-refractivity contribution in [3.8, 4) is 0 Å². The van der Waals surface area contributed by atoms with Crippen LogP contribution in [0.1, 0.15) is 31.7 Å². The van der Waals surface area contributed by atoms with Crippen LogP contribution in [0.15, 0.2) is 39.0 Å². The van der Waals surface area contributed by atoms with Crippen molar-refractivity contribution >= 4 is 27.3 Å². The molecule has 0 aliphatic carbocycles. The Morgan fingerprint density at radius 3 is 2.64 bits per heavy atom. The van der Waals surface area contributed by atoms with E-state index in [0.29, 0.717) is 37.6 Å². The molecular formula is C21H28ClN5O5S. The number of ether oxygens (including phenoxy) is 1. The van der Waals surface area contributed by atoms with E-state index in [1.54, 1.807) is 6.20 Å². The molecule has 2 aromatic heterocycles. The van der Waals surface area contributed by atoms with Crippen LogP contribution in [0.3, 0.4) is 0 Å². The summed E-state index contributed by atoms with van der Waals surface area (Å²) < 4.78 is 35.3. The molecule has 33 heavy (non-hydrogen) atoms. The molecule has 10 nitrogen and oxygen atoms in total. The van der Waals surface area contributed by atoms with Crippen molar-refractivity contribution in [1.29, 1.82) is 0 Å². The topological polar surface area (TPSA) is 116 Å². The molecule has 2 fully saturated rings. The van der Waals surface area contributed by atoms with Crippen molar-refractivity contribution in [2.75, 3.05) is 38.2 Å². The Kier molecular flexibility index (Phi) is 7.22. The van der Waals surface area contributed by atoms with Crippen LogP contribution in [-0.4, -0.2) is 59.9 Å². The number of sulfonamides is 1. The van der Waals surface area contributed by atoms with Crippen LogP contribution in [0.2, 0.25) is 5.02 Å². The van der Waals surface area contributed by atoms with Gasteiger partial charge in [-0.1, -0.05) is 11.6 Å². The van der Waals surface area contributed by atoms with Crippen molar-refractivity contribution in [3.05, 3.63) is 50.3 Å². The van der Waals surface area contributed by atoms with Gasteiger partial charge in [-0.3, -0.25) is 9.59 Å². The molecule has 1 N–H and O–H groups in total. The molecule has 0 aromatic carbocycles. The highest BCUT2D eigenvalue weighted by Gasteiger charge is 2.31. The average molecular weight is 498 g/mol. The standard InChI is InChI=1S/C21H28ClN5O5S/c1-25-13-17(4-5-19(25)28)33(30,31)26-8-6-16(7-9-26)27-21(29)20(22)18(12-24-27)23-11-15-3-2-10-32-14-15/h4-5,12-13,15-16,23H,2-3,6-11,14H2,1H3/t15-/m1/s1. The average Bonchev–Trinajstić information content (AvgIpc) is 2.82. The van der Waals surface area contributed by atoms with Crippen molar-refractivity contribution in [2.24, 2.45) is 13.0 Å². The number of aromatic nitrogens is 3. The molecule has 2 aliphatic rings. The smallest absolute Gasteiger partial charge is 0.287 e. The lowest BCUT2D eigenvalue weighted by Crippen LogP contribution is -2.41. The number of piperidine rings is 1. The summed E-state index contributed by atoms with van der Waals surface area (Å²) in [5.74, 6) is 0.371. The molecule has 0 amide bonds. The minimum atomic E-state index is -3.73. The van der Waals surface area contributed by atoms with Crippen LogP contribution in [0, 0.1) is 5.92 Å². The second kappa shape index (κ2) is 9.96. The highest BCUT2D eigenvalue weighted by atomic mass is 35.5. The number of rotatable bonds is 6. The van der Waals surface area contributed by atoms with Crippen LogP contribution >= 0.6 is 11.6 Å². The third kappa shape index (κ3) is 5.16. The van der Waals surface area contributed by atoms with Gasteiger partial charge >= 0.3 is 0 Å². The number of halogens is 1. The van der Waals surface area contributed by atoms with Crippen LogP contribution < -0.4 is 16.4 Å². The van der Waals surface area contributed by atoms with Gasteiger partial charge in [0, 0.05) is 45.6 Å². The first-order chi connectivity index (χ1) is 15.8. The molecule has 180 valence electrons. The summed E-state index contributed by atoms with van der Waals surface area (Å²) in [5, 5.41) is 7.61. The van der Waals surface area contributed by atoms with Gasteiger partial charge < -0.3 is 14.6 Å². The van der Waals surface area contributed by atoms with Crippen molar-refractivity contribution in [3.63, 3.8) is 0 Å². The summed E-state index contributed by atoms with van der Waals surface area (Å²) in [6.07, 6.45) is 5.83. The van der Waals surface area contributed by atoms with Crippen LogP contribution in [-0.2, 0) is 21.8 Å². The molecule has 4 heterocycles. The van der Waals surface area contributed by atoms with E-state index in [0.717, 1.165) is 19.4 Å². The summed E-state index contributed by atoms with van der Waals surface area (Å²) in [4.78, 5) is 24.5. The van der Waals surface area contributed by atoms with Crippen LogP contribution in [0.4, 0.5) is 5.69 Å². The Morgan fingerprint density at radius 2 is 1.97 bits per heavy atom. The van der Waals surface area contributed by atoms with Gasteiger partial charge in [0.1, 0.15) is 5.02 Å². The predicted octanol–water partition coefficient (Wildman–Crippen LogP) is 1.46. The second-order valence-corrected chi connectivity index (χ2v) is 10.9. The maximum Gasteiger partial charge on any atom is 0.287 e. The van der Waals surface area contributed by atoms with E-state index in [1.165, 1.54) is 38.9 Å². The Balaban J connectivity index is 1.42. The summed E-state index contributed by atoms with van der Waals surface area (Å²) in [5.41, 5.74) is -0.167. The summed E-state index contributed by atoms with van der Waals surface area (Å²) >= 11 is 6.34. The fourth-order valence-electron chi connectivity index (χ4n) is 4.25. The number of anilines is 1. The Hall–Kier alpha value is -2.21. The van der Waals surface area contributed by atoms with Gasteiger partial charge in [-0.15, -0.1) is 0 Å². The maximum atomic E-state index is 13.0. The van der Waals surface area contributed by atoms with E-state index in [1.807, 2.05) is 0 Å². The lowest BCUT2D eigenvalue weighted by Gasteiger charge is -2.31. The molecule has 1 atom stereocenters. The zero-order valence-electron chi connectivity index (χ0n) is 18.4. The molecule has 0 unspecified atom stereocenters. The largest absolute Gasteiger partial charge is 0.382 e. The van der Waals surface area contributed by atoms with E-state index in [-0.39, 0.29) is 40.2 Å². The SMILES string of the molecule is Cn1cc(S(=O)(=O)N2CCC(n3ncc(NC[C@H]4CCCOC4)c(Cl)c3=O)CC2)ccc1=O. The van der Waals surface area contributed by atoms with Gasteiger partial charge in [0.2, 0.25) is 15.6 Å². The number of hydrogen-bond donors (Lipinski definition) is 1. The van der Waals surface area contributed by atoms with Gasteiger partial charge in [-0.25, -0.2) is 13.1 Å². The zero-order valence-corrected chi connectivity index (χ0v) is 20.0. The maximum absolute atomic E-state index is 13.0. The van der Waals surface area contributed by atoms with Gasteiger partial charge in [-0.2, -0.15) is 9.40 Å². The number of pyridine rings is 1. The lowest BCUT2D eigenvalue weighted by atomic mass is 10.0. The van der Waals surface area contributed by atoms with E-state index >= 15 is 0 Å².